The van der Waals surface area contributed by atoms with Crippen LogP contribution in [0.1, 0.15) is 51.5 Å². The summed E-state index contributed by atoms with van der Waals surface area (Å²) in [6, 6.07) is 7.19. The van der Waals surface area contributed by atoms with Crippen LogP contribution >= 0.6 is 11.6 Å². The first-order valence-electron chi connectivity index (χ1n) is 8.36. The number of hydrogen-bond donors (Lipinski definition) is 1. The third-order valence-electron chi connectivity index (χ3n) is 4.47. The molecule has 1 unspecified atom stereocenters. The highest BCUT2D eigenvalue weighted by Crippen LogP contribution is 2.20. The average Bonchev–Trinajstić information content (AvgIpc) is 3.05. The van der Waals surface area contributed by atoms with Crippen LogP contribution in [-0.2, 0) is 16.1 Å². The summed E-state index contributed by atoms with van der Waals surface area (Å²) in [5.41, 5.74) is 0.858. The Kier molecular flexibility index (Phi) is 6.46. The van der Waals surface area contributed by atoms with E-state index >= 15 is 0 Å². The molecule has 1 aliphatic carbocycles. The minimum absolute atomic E-state index is 0.0426. The highest BCUT2D eigenvalue weighted by atomic mass is 35.5. The van der Waals surface area contributed by atoms with E-state index < -0.39 is 6.04 Å². The third-order valence-corrected chi connectivity index (χ3v) is 4.84. The summed E-state index contributed by atoms with van der Waals surface area (Å²) in [5, 5.41) is 3.69. The maximum Gasteiger partial charge on any atom is 0.242 e. The van der Waals surface area contributed by atoms with E-state index in [4.69, 9.17) is 11.6 Å². The first-order chi connectivity index (χ1) is 11.0. The SMILES string of the molecule is CCC(=O)N(Cc1ccccc1Cl)C(C)C(=O)NC1CCCC1. The summed E-state index contributed by atoms with van der Waals surface area (Å²) < 4.78 is 0. The number of nitrogens with one attached hydrogen (secondary N) is 1. The number of halogens is 1. The summed E-state index contributed by atoms with van der Waals surface area (Å²) >= 11 is 6.20. The lowest BCUT2D eigenvalue weighted by Crippen LogP contribution is -2.49. The minimum Gasteiger partial charge on any atom is -0.352 e. The number of rotatable bonds is 6. The Bertz CT molecular complexity index is 556. The topological polar surface area (TPSA) is 49.4 Å². The molecule has 0 radical (unpaired) electrons. The van der Waals surface area contributed by atoms with Gasteiger partial charge in [0.1, 0.15) is 6.04 Å². The highest BCUT2D eigenvalue weighted by Gasteiger charge is 2.27. The number of amides is 2. The van der Waals surface area contributed by atoms with Crippen LogP contribution < -0.4 is 5.32 Å². The fraction of sp³-hybridized carbons (Fsp3) is 0.556. The van der Waals surface area contributed by atoms with Gasteiger partial charge in [0, 0.05) is 24.0 Å². The molecule has 1 aromatic carbocycles. The van der Waals surface area contributed by atoms with Gasteiger partial charge in [-0.1, -0.05) is 49.6 Å². The molecule has 0 heterocycles. The normalized spacial score (nSPS) is 16.1. The van der Waals surface area contributed by atoms with Crippen molar-refractivity contribution in [1.29, 1.82) is 0 Å². The van der Waals surface area contributed by atoms with Crippen molar-refractivity contribution in [2.75, 3.05) is 0 Å². The maximum atomic E-state index is 12.5. The second kappa shape index (κ2) is 8.34. The van der Waals surface area contributed by atoms with Gasteiger partial charge >= 0.3 is 0 Å². The van der Waals surface area contributed by atoms with Crippen molar-refractivity contribution < 1.29 is 9.59 Å². The molecule has 2 rings (SSSR count). The zero-order valence-electron chi connectivity index (χ0n) is 13.8. The molecule has 1 N–H and O–H groups in total. The van der Waals surface area contributed by atoms with Gasteiger partial charge in [-0.3, -0.25) is 9.59 Å². The van der Waals surface area contributed by atoms with Crippen LogP contribution in [-0.4, -0.2) is 28.8 Å². The van der Waals surface area contributed by atoms with Gasteiger partial charge < -0.3 is 10.2 Å². The molecule has 0 spiro atoms. The lowest BCUT2D eigenvalue weighted by Gasteiger charge is -2.29. The van der Waals surface area contributed by atoms with Crippen LogP contribution in [0.25, 0.3) is 0 Å². The van der Waals surface area contributed by atoms with E-state index in [9.17, 15) is 9.59 Å². The molecular formula is C18H25ClN2O2. The molecule has 1 aliphatic rings. The molecule has 0 saturated heterocycles. The Labute approximate surface area is 143 Å². The van der Waals surface area contributed by atoms with Crippen molar-refractivity contribution in [1.82, 2.24) is 10.2 Å². The van der Waals surface area contributed by atoms with E-state index in [2.05, 4.69) is 5.32 Å². The van der Waals surface area contributed by atoms with Crippen LogP contribution in [0, 0.1) is 0 Å². The van der Waals surface area contributed by atoms with Crippen LogP contribution in [0.2, 0.25) is 5.02 Å². The second-order valence-electron chi connectivity index (χ2n) is 6.13. The highest BCUT2D eigenvalue weighted by molar-refractivity contribution is 6.31. The molecule has 2 amide bonds. The van der Waals surface area contributed by atoms with E-state index in [-0.39, 0.29) is 17.9 Å². The number of nitrogens with zero attached hydrogens (tertiary/aromatic N) is 1. The van der Waals surface area contributed by atoms with Gasteiger partial charge in [0.15, 0.2) is 0 Å². The lowest BCUT2D eigenvalue weighted by atomic mass is 10.1. The van der Waals surface area contributed by atoms with Crippen molar-refractivity contribution in [3.05, 3.63) is 34.9 Å². The molecule has 126 valence electrons. The van der Waals surface area contributed by atoms with Crippen LogP contribution in [0.3, 0.4) is 0 Å². The summed E-state index contributed by atoms with van der Waals surface area (Å²) in [5.74, 6) is -0.121. The number of carbonyl (C=O) groups is 2. The van der Waals surface area contributed by atoms with Crippen molar-refractivity contribution in [3.63, 3.8) is 0 Å². The quantitative estimate of drug-likeness (QED) is 0.864. The first kappa shape index (κ1) is 17.8. The second-order valence-corrected chi connectivity index (χ2v) is 6.54. The van der Waals surface area contributed by atoms with E-state index in [1.54, 1.807) is 17.9 Å². The minimum atomic E-state index is -0.501. The maximum absolute atomic E-state index is 12.5. The molecule has 4 nitrogen and oxygen atoms in total. The predicted molar refractivity (Wildman–Crippen MR) is 92.2 cm³/mol. The molecule has 1 atom stereocenters. The monoisotopic (exact) mass is 336 g/mol. The van der Waals surface area contributed by atoms with Crippen LogP contribution in [0.5, 0.6) is 0 Å². The zero-order chi connectivity index (χ0) is 16.8. The Morgan fingerprint density at radius 1 is 1.30 bits per heavy atom. The molecule has 1 fully saturated rings. The molecule has 0 bridgehead atoms. The number of hydrogen-bond acceptors (Lipinski definition) is 2. The van der Waals surface area contributed by atoms with E-state index in [1.807, 2.05) is 25.1 Å². The molecule has 1 saturated carbocycles. The molecule has 5 heteroatoms. The summed E-state index contributed by atoms with van der Waals surface area (Å²) in [6.07, 6.45) is 4.76. The Morgan fingerprint density at radius 2 is 1.96 bits per heavy atom. The van der Waals surface area contributed by atoms with Gasteiger partial charge in [-0.05, 0) is 31.4 Å². The van der Waals surface area contributed by atoms with Gasteiger partial charge in [-0.2, -0.15) is 0 Å². The fourth-order valence-electron chi connectivity index (χ4n) is 2.99. The van der Waals surface area contributed by atoms with Crippen molar-refractivity contribution in [3.8, 4) is 0 Å². The fourth-order valence-corrected chi connectivity index (χ4v) is 3.18. The van der Waals surface area contributed by atoms with Gasteiger partial charge in [0.25, 0.3) is 0 Å². The van der Waals surface area contributed by atoms with E-state index in [0.717, 1.165) is 31.2 Å². The van der Waals surface area contributed by atoms with Gasteiger partial charge in [-0.25, -0.2) is 0 Å². The van der Waals surface area contributed by atoms with Gasteiger partial charge in [-0.15, -0.1) is 0 Å². The van der Waals surface area contributed by atoms with E-state index in [1.165, 1.54) is 0 Å². The summed E-state index contributed by atoms with van der Waals surface area (Å²) in [4.78, 5) is 26.4. The lowest BCUT2D eigenvalue weighted by molar-refractivity contribution is -0.140. The van der Waals surface area contributed by atoms with Gasteiger partial charge in [0.05, 0.1) is 0 Å². The van der Waals surface area contributed by atoms with E-state index in [0.29, 0.717) is 18.0 Å². The molecule has 23 heavy (non-hydrogen) atoms. The predicted octanol–water partition coefficient (Wildman–Crippen LogP) is 3.53. The average molecular weight is 337 g/mol. The van der Waals surface area contributed by atoms with Crippen LogP contribution in [0.15, 0.2) is 24.3 Å². The van der Waals surface area contributed by atoms with Crippen molar-refractivity contribution in [2.24, 2.45) is 0 Å². The van der Waals surface area contributed by atoms with Gasteiger partial charge in [0.2, 0.25) is 11.8 Å². The molecule has 0 aliphatic heterocycles. The molecule has 1 aromatic rings. The molecule has 0 aromatic heterocycles. The van der Waals surface area contributed by atoms with Crippen molar-refractivity contribution >= 4 is 23.4 Å². The summed E-state index contributed by atoms with van der Waals surface area (Å²) in [6.45, 7) is 3.95. The Balaban J connectivity index is 2.08. The Morgan fingerprint density at radius 3 is 2.57 bits per heavy atom. The number of carbonyl (C=O) groups excluding carboxylic acids is 2. The van der Waals surface area contributed by atoms with Crippen molar-refractivity contribution in [2.45, 2.75) is 64.6 Å². The summed E-state index contributed by atoms with van der Waals surface area (Å²) in [7, 11) is 0. The Hall–Kier alpha value is -1.55. The largest absolute Gasteiger partial charge is 0.352 e. The standard InChI is InChI=1S/C18H25ClN2O2/c1-3-17(22)21(12-14-8-4-7-11-16(14)19)13(2)18(23)20-15-9-5-6-10-15/h4,7-8,11,13,15H,3,5-6,9-10,12H2,1-2H3,(H,20,23). The first-order valence-corrected chi connectivity index (χ1v) is 8.74. The third kappa shape index (κ3) is 4.71. The zero-order valence-corrected chi connectivity index (χ0v) is 14.6. The van der Waals surface area contributed by atoms with Crippen LogP contribution in [0.4, 0.5) is 0 Å². The smallest absolute Gasteiger partial charge is 0.242 e. The number of benzene rings is 1. The molecular weight excluding hydrogens is 312 g/mol.